The van der Waals surface area contributed by atoms with E-state index in [0.717, 1.165) is 62.8 Å². The Morgan fingerprint density at radius 2 is 0.923 bits per heavy atom. The van der Waals surface area contributed by atoms with Crippen molar-refractivity contribution in [3.63, 3.8) is 0 Å². The van der Waals surface area contributed by atoms with E-state index >= 15 is 0 Å². The molecule has 0 fully saturated rings. The standard InChI is InChI=1S/C42H52N6O2.C2H6/c1-39(2,3)25-41(7,8)29-21-27(37(49)35(23-29)47-43-31-16-12-13-17-32(31)44-47)20-28-22-30(42(9,10)26-40(4,5)6)24-36(38(28)50-11)48-45-33-18-14-15-19-34(33)46-48;1-2/h12-19,21-24,49H,20,25-26H2,1-11H3;1-2H3. The Kier molecular flexibility index (Phi) is 10.6. The molecule has 0 atom stereocenters. The molecule has 0 radical (unpaired) electrons. The van der Waals surface area contributed by atoms with E-state index < -0.39 is 0 Å². The van der Waals surface area contributed by atoms with Crippen LogP contribution in [-0.4, -0.2) is 42.2 Å². The molecule has 0 unspecified atom stereocenters. The molecule has 0 amide bonds. The summed E-state index contributed by atoms with van der Waals surface area (Å²) in [6, 6.07) is 24.3. The van der Waals surface area contributed by atoms with Gasteiger partial charge in [0.15, 0.2) is 0 Å². The maximum Gasteiger partial charge on any atom is 0.149 e. The molecule has 276 valence electrons. The quantitative estimate of drug-likeness (QED) is 0.161. The Hall–Kier alpha value is -4.72. The highest BCUT2D eigenvalue weighted by Crippen LogP contribution is 2.44. The fourth-order valence-corrected chi connectivity index (χ4v) is 7.93. The molecule has 0 aliphatic carbocycles. The molecular weight excluding hydrogens is 645 g/mol. The van der Waals surface area contributed by atoms with Crippen LogP contribution >= 0.6 is 0 Å². The second kappa shape index (κ2) is 14.4. The van der Waals surface area contributed by atoms with Gasteiger partial charge in [-0.2, -0.15) is 0 Å². The van der Waals surface area contributed by atoms with E-state index in [9.17, 15) is 5.11 Å². The lowest BCUT2D eigenvalue weighted by atomic mass is 9.71. The Balaban J connectivity index is 0.00000257. The number of benzene rings is 4. The maximum atomic E-state index is 12.1. The Morgan fingerprint density at radius 3 is 1.31 bits per heavy atom. The van der Waals surface area contributed by atoms with Crippen LogP contribution in [0.15, 0.2) is 72.8 Å². The minimum Gasteiger partial charge on any atom is -0.505 e. The molecule has 0 saturated heterocycles. The van der Waals surface area contributed by atoms with Crippen LogP contribution in [0, 0.1) is 10.8 Å². The highest BCUT2D eigenvalue weighted by atomic mass is 16.5. The zero-order valence-electron chi connectivity index (χ0n) is 33.6. The number of aromatic nitrogens is 6. The van der Waals surface area contributed by atoms with Crippen molar-refractivity contribution in [1.82, 2.24) is 30.0 Å². The number of hydrogen-bond acceptors (Lipinski definition) is 6. The zero-order valence-corrected chi connectivity index (χ0v) is 33.6. The first-order valence-corrected chi connectivity index (χ1v) is 18.6. The largest absolute Gasteiger partial charge is 0.505 e. The summed E-state index contributed by atoms with van der Waals surface area (Å²) in [6.07, 6.45) is 2.32. The molecule has 6 rings (SSSR count). The molecule has 0 spiro atoms. The van der Waals surface area contributed by atoms with Crippen molar-refractivity contribution >= 4 is 22.1 Å². The number of phenolic OH excluding ortho intramolecular Hbond substituents is 1. The number of hydrogen-bond donors (Lipinski definition) is 1. The molecular formula is C44H58N6O2. The molecule has 4 aromatic carbocycles. The van der Waals surface area contributed by atoms with Gasteiger partial charge in [0.25, 0.3) is 0 Å². The maximum absolute atomic E-state index is 12.1. The summed E-state index contributed by atoms with van der Waals surface area (Å²) >= 11 is 0. The van der Waals surface area contributed by atoms with Crippen molar-refractivity contribution in [2.45, 2.75) is 113 Å². The summed E-state index contributed by atoms with van der Waals surface area (Å²) in [5, 5.41) is 31.4. The second-order valence-corrected chi connectivity index (χ2v) is 17.6. The third kappa shape index (κ3) is 8.32. The van der Waals surface area contributed by atoms with Gasteiger partial charge in [-0.3, -0.25) is 0 Å². The molecule has 8 nitrogen and oxygen atoms in total. The second-order valence-electron chi connectivity index (χ2n) is 17.6. The van der Waals surface area contributed by atoms with Crippen molar-refractivity contribution in [2.24, 2.45) is 10.8 Å². The summed E-state index contributed by atoms with van der Waals surface area (Å²) < 4.78 is 6.21. The average molecular weight is 703 g/mol. The number of aromatic hydroxyl groups is 1. The van der Waals surface area contributed by atoms with Crippen LogP contribution in [0.25, 0.3) is 33.4 Å². The molecule has 1 N–H and O–H groups in total. The Labute approximate surface area is 310 Å². The Morgan fingerprint density at radius 1 is 0.558 bits per heavy atom. The number of ether oxygens (including phenoxy) is 1. The monoisotopic (exact) mass is 702 g/mol. The SMILES string of the molecule is CC.COc1c(Cc2cc(C(C)(C)CC(C)(C)C)cc(-n3nc4ccccc4n3)c2O)cc(C(C)(C)CC(C)(C)C)cc1-n1nc2ccccc2n1. The average Bonchev–Trinajstić information content (AvgIpc) is 3.68. The van der Waals surface area contributed by atoms with E-state index in [1.807, 2.05) is 68.4 Å². The van der Waals surface area contributed by atoms with Crippen LogP contribution in [-0.2, 0) is 17.3 Å². The predicted octanol–water partition coefficient (Wildman–Crippen LogP) is 10.9. The van der Waals surface area contributed by atoms with Gasteiger partial charge in [-0.15, -0.1) is 30.0 Å². The van der Waals surface area contributed by atoms with Gasteiger partial charge in [0.1, 0.15) is 44.9 Å². The van der Waals surface area contributed by atoms with Gasteiger partial charge in [-0.25, -0.2) is 0 Å². The number of methoxy groups -OCH3 is 1. The molecule has 2 heterocycles. The van der Waals surface area contributed by atoms with Crippen LogP contribution < -0.4 is 4.74 Å². The van der Waals surface area contributed by atoms with Gasteiger partial charge < -0.3 is 9.84 Å². The third-order valence-corrected chi connectivity index (χ3v) is 9.41. The predicted molar refractivity (Wildman–Crippen MR) is 214 cm³/mol. The van der Waals surface area contributed by atoms with E-state index in [0.29, 0.717) is 17.9 Å². The number of fused-ring (bicyclic) bond motifs is 2. The summed E-state index contributed by atoms with van der Waals surface area (Å²) in [7, 11) is 1.69. The van der Waals surface area contributed by atoms with Crippen LogP contribution in [0.5, 0.6) is 11.5 Å². The van der Waals surface area contributed by atoms with Crippen LogP contribution in [0.2, 0.25) is 0 Å². The minimum absolute atomic E-state index is 0.0890. The zero-order chi connectivity index (χ0) is 38.2. The van der Waals surface area contributed by atoms with Gasteiger partial charge in [0, 0.05) is 17.5 Å². The van der Waals surface area contributed by atoms with E-state index in [1.165, 1.54) is 0 Å². The molecule has 0 saturated carbocycles. The van der Waals surface area contributed by atoms with E-state index in [2.05, 4.69) is 87.4 Å². The highest BCUT2D eigenvalue weighted by Gasteiger charge is 2.32. The van der Waals surface area contributed by atoms with E-state index in [4.69, 9.17) is 25.1 Å². The normalized spacial score (nSPS) is 12.6. The van der Waals surface area contributed by atoms with Gasteiger partial charge in [-0.05, 0) is 82.0 Å². The van der Waals surface area contributed by atoms with Gasteiger partial charge in [0.05, 0.1) is 7.11 Å². The summed E-state index contributed by atoms with van der Waals surface area (Å²) in [5.41, 5.74) is 8.27. The molecule has 0 aliphatic heterocycles. The van der Waals surface area contributed by atoms with Crippen molar-refractivity contribution in [3.8, 4) is 22.9 Å². The molecule has 2 aromatic heterocycles. The van der Waals surface area contributed by atoms with Gasteiger partial charge >= 0.3 is 0 Å². The van der Waals surface area contributed by atoms with Crippen molar-refractivity contribution in [3.05, 3.63) is 95.1 Å². The van der Waals surface area contributed by atoms with Gasteiger partial charge in [-0.1, -0.05) is 119 Å². The van der Waals surface area contributed by atoms with Crippen LogP contribution in [0.4, 0.5) is 0 Å². The molecule has 8 heteroatoms. The fraction of sp³-hybridized carbons (Fsp3) is 0.455. The molecule has 6 aromatic rings. The highest BCUT2D eigenvalue weighted by molar-refractivity contribution is 5.75. The van der Waals surface area contributed by atoms with E-state index in [-0.39, 0.29) is 27.4 Å². The number of phenols is 1. The van der Waals surface area contributed by atoms with Crippen molar-refractivity contribution in [1.29, 1.82) is 0 Å². The lowest BCUT2D eigenvalue weighted by molar-refractivity contribution is 0.283. The minimum atomic E-state index is -0.201. The van der Waals surface area contributed by atoms with Gasteiger partial charge in [0.2, 0.25) is 0 Å². The summed E-state index contributed by atoms with van der Waals surface area (Å²) in [6.45, 7) is 26.8. The first-order valence-electron chi connectivity index (χ1n) is 18.6. The van der Waals surface area contributed by atoms with Crippen LogP contribution in [0.1, 0.15) is 118 Å². The smallest absolute Gasteiger partial charge is 0.149 e. The number of rotatable bonds is 9. The van der Waals surface area contributed by atoms with Crippen molar-refractivity contribution < 1.29 is 9.84 Å². The first kappa shape index (κ1) is 38.5. The van der Waals surface area contributed by atoms with Crippen molar-refractivity contribution in [2.75, 3.05) is 7.11 Å². The fourth-order valence-electron chi connectivity index (χ4n) is 7.93. The Bertz CT molecular complexity index is 2110. The molecule has 0 aliphatic rings. The number of nitrogens with zero attached hydrogens (tertiary/aromatic N) is 6. The van der Waals surface area contributed by atoms with Crippen LogP contribution in [0.3, 0.4) is 0 Å². The van der Waals surface area contributed by atoms with E-state index in [1.54, 1.807) is 16.7 Å². The summed E-state index contributed by atoms with van der Waals surface area (Å²) in [5.74, 6) is 0.815. The first-order chi connectivity index (χ1) is 24.3. The topological polar surface area (TPSA) is 90.9 Å². The third-order valence-electron chi connectivity index (χ3n) is 9.41. The summed E-state index contributed by atoms with van der Waals surface area (Å²) in [4.78, 5) is 3.27. The lowest BCUT2D eigenvalue weighted by Crippen LogP contribution is -2.26. The lowest BCUT2D eigenvalue weighted by Gasteiger charge is -2.34. The molecule has 0 bridgehead atoms. The molecule has 52 heavy (non-hydrogen) atoms.